The molecule has 1 aromatic rings. The van der Waals surface area contributed by atoms with E-state index in [-0.39, 0.29) is 22.9 Å². The van der Waals surface area contributed by atoms with Crippen LogP contribution in [-0.4, -0.2) is 19.2 Å². The maximum absolute atomic E-state index is 13.6. The van der Waals surface area contributed by atoms with E-state index in [1.165, 1.54) is 12.1 Å². The topological polar surface area (TPSA) is 35.5 Å². The molecule has 0 aliphatic rings. The van der Waals surface area contributed by atoms with Crippen LogP contribution in [0.1, 0.15) is 24.2 Å². The molecular formula is C11H12ClFO3. The first-order chi connectivity index (χ1) is 7.61. The Hall–Kier alpha value is -1.29. The van der Waals surface area contributed by atoms with Gasteiger partial charge < -0.3 is 9.47 Å². The number of hydrogen-bond acceptors (Lipinski definition) is 3. The fourth-order valence-corrected chi connectivity index (χ4v) is 1.40. The molecule has 1 rings (SSSR count). The molecule has 0 amide bonds. The highest BCUT2D eigenvalue weighted by atomic mass is 35.5. The number of benzene rings is 1. The van der Waals surface area contributed by atoms with Crippen LogP contribution in [0.5, 0.6) is 5.75 Å². The molecule has 0 spiro atoms. The quantitative estimate of drug-likeness (QED) is 0.766. The summed E-state index contributed by atoms with van der Waals surface area (Å²) in [5.74, 6) is -1.36. The van der Waals surface area contributed by atoms with Gasteiger partial charge in [0.25, 0.3) is 0 Å². The Labute approximate surface area is 98.1 Å². The smallest absolute Gasteiger partial charge is 0.339 e. The molecule has 0 aliphatic carbocycles. The number of carbonyl (C=O) groups excluding carboxylic acids is 1. The largest absolute Gasteiger partial charge is 0.491 e. The van der Waals surface area contributed by atoms with Gasteiger partial charge in [-0.25, -0.2) is 9.18 Å². The van der Waals surface area contributed by atoms with Crippen molar-refractivity contribution < 1.29 is 18.7 Å². The third-order valence-corrected chi connectivity index (χ3v) is 2.21. The zero-order chi connectivity index (χ0) is 12.1. The average molecular weight is 247 g/mol. The van der Waals surface area contributed by atoms with Crippen molar-refractivity contribution in [3.8, 4) is 5.75 Å². The monoisotopic (exact) mass is 246 g/mol. The second-order valence-corrected chi connectivity index (χ2v) is 3.27. The second-order valence-electron chi connectivity index (χ2n) is 2.89. The number of carbonyl (C=O) groups is 1. The fraction of sp³-hybridized carbons (Fsp3) is 0.364. The number of hydrogen-bond donors (Lipinski definition) is 0. The molecule has 16 heavy (non-hydrogen) atoms. The third kappa shape index (κ3) is 2.64. The Morgan fingerprint density at radius 1 is 1.38 bits per heavy atom. The molecule has 0 saturated heterocycles. The van der Waals surface area contributed by atoms with E-state index < -0.39 is 11.8 Å². The first-order valence-electron chi connectivity index (χ1n) is 4.89. The van der Waals surface area contributed by atoms with Gasteiger partial charge in [0.1, 0.15) is 0 Å². The van der Waals surface area contributed by atoms with Gasteiger partial charge in [0.05, 0.1) is 23.8 Å². The maximum atomic E-state index is 13.6. The van der Waals surface area contributed by atoms with E-state index in [4.69, 9.17) is 21.1 Å². The van der Waals surface area contributed by atoms with E-state index in [0.29, 0.717) is 6.61 Å². The standard InChI is InChI=1S/C11H12ClFO3/c1-3-15-8-6-5-7(9(12)10(8)13)11(14)16-4-2/h5-6H,3-4H2,1-2H3. The molecule has 0 atom stereocenters. The van der Waals surface area contributed by atoms with Gasteiger partial charge in [0.2, 0.25) is 0 Å². The molecule has 0 bridgehead atoms. The van der Waals surface area contributed by atoms with Crippen molar-refractivity contribution in [3.05, 3.63) is 28.5 Å². The summed E-state index contributed by atoms with van der Waals surface area (Å²) < 4.78 is 23.3. The van der Waals surface area contributed by atoms with Gasteiger partial charge in [-0.15, -0.1) is 0 Å². The Bertz CT molecular complexity index is 393. The normalized spacial score (nSPS) is 10.0. The van der Waals surface area contributed by atoms with Gasteiger partial charge in [0, 0.05) is 0 Å². The molecule has 0 aromatic heterocycles. The molecule has 0 fully saturated rings. The molecular weight excluding hydrogens is 235 g/mol. The number of ether oxygens (including phenoxy) is 2. The van der Waals surface area contributed by atoms with Crippen molar-refractivity contribution >= 4 is 17.6 Å². The van der Waals surface area contributed by atoms with Gasteiger partial charge in [-0.1, -0.05) is 11.6 Å². The van der Waals surface area contributed by atoms with Gasteiger partial charge in [-0.3, -0.25) is 0 Å². The van der Waals surface area contributed by atoms with Crippen LogP contribution in [-0.2, 0) is 4.74 Å². The molecule has 5 heteroatoms. The zero-order valence-electron chi connectivity index (χ0n) is 9.05. The predicted molar refractivity (Wildman–Crippen MR) is 58.5 cm³/mol. The summed E-state index contributed by atoms with van der Waals surface area (Å²) in [6, 6.07) is 2.74. The summed E-state index contributed by atoms with van der Waals surface area (Å²) in [5, 5.41) is -0.274. The van der Waals surface area contributed by atoms with Crippen molar-refractivity contribution in [1.29, 1.82) is 0 Å². The van der Waals surface area contributed by atoms with Crippen molar-refractivity contribution in [1.82, 2.24) is 0 Å². The first-order valence-corrected chi connectivity index (χ1v) is 5.27. The molecule has 0 unspecified atom stereocenters. The third-order valence-electron chi connectivity index (χ3n) is 1.84. The van der Waals surface area contributed by atoms with Gasteiger partial charge in [0.15, 0.2) is 11.6 Å². The zero-order valence-corrected chi connectivity index (χ0v) is 9.81. The summed E-state index contributed by atoms with van der Waals surface area (Å²) >= 11 is 5.71. The first kappa shape index (κ1) is 12.8. The van der Waals surface area contributed by atoms with Crippen molar-refractivity contribution in [2.45, 2.75) is 13.8 Å². The Morgan fingerprint density at radius 3 is 2.62 bits per heavy atom. The van der Waals surface area contributed by atoms with Crippen molar-refractivity contribution in [2.24, 2.45) is 0 Å². The second kappa shape index (κ2) is 5.70. The molecule has 0 aliphatic heterocycles. The van der Waals surface area contributed by atoms with Crippen LogP contribution in [0.15, 0.2) is 12.1 Å². The average Bonchev–Trinajstić information content (AvgIpc) is 2.25. The Morgan fingerprint density at radius 2 is 2.06 bits per heavy atom. The van der Waals surface area contributed by atoms with Gasteiger partial charge >= 0.3 is 5.97 Å². The van der Waals surface area contributed by atoms with Crippen LogP contribution in [0.4, 0.5) is 4.39 Å². The summed E-state index contributed by atoms with van der Waals surface area (Å²) in [4.78, 5) is 11.4. The molecule has 1 aromatic carbocycles. The molecule has 0 N–H and O–H groups in total. The van der Waals surface area contributed by atoms with Crippen molar-refractivity contribution in [2.75, 3.05) is 13.2 Å². The summed E-state index contributed by atoms with van der Waals surface area (Å²) in [6.45, 7) is 3.93. The van der Waals surface area contributed by atoms with E-state index in [1.807, 2.05) is 0 Å². The summed E-state index contributed by atoms with van der Waals surface area (Å²) in [6.07, 6.45) is 0. The summed E-state index contributed by atoms with van der Waals surface area (Å²) in [7, 11) is 0. The fourth-order valence-electron chi connectivity index (χ4n) is 1.17. The molecule has 3 nitrogen and oxygen atoms in total. The van der Waals surface area contributed by atoms with Crippen LogP contribution in [0.2, 0.25) is 5.02 Å². The van der Waals surface area contributed by atoms with E-state index in [2.05, 4.69) is 0 Å². The molecule has 88 valence electrons. The highest BCUT2D eigenvalue weighted by molar-refractivity contribution is 6.33. The lowest BCUT2D eigenvalue weighted by atomic mass is 10.2. The number of rotatable bonds is 4. The molecule has 0 radical (unpaired) electrons. The van der Waals surface area contributed by atoms with Gasteiger partial charge in [-0.05, 0) is 26.0 Å². The van der Waals surface area contributed by atoms with E-state index >= 15 is 0 Å². The van der Waals surface area contributed by atoms with Crippen LogP contribution < -0.4 is 4.74 Å². The number of halogens is 2. The summed E-state index contributed by atoms with van der Waals surface area (Å²) in [5.41, 5.74) is 0.00414. The van der Waals surface area contributed by atoms with Crippen LogP contribution in [0.3, 0.4) is 0 Å². The van der Waals surface area contributed by atoms with E-state index in [1.54, 1.807) is 13.8 Å². The minimum atomic E-state index is -0.742. The molecule has 0 saturated carbocycles. The maximum Gasteiger partial charge on any atom is 0.339 e. The highest BCUT2D eigenvalue weighted by Gasteiger charge is 2.18. The van der Waals surface area contributed by atoms with Crippen LogP contribution in [0.25, 0.3) is 0 Å². The SMILES string of the molecule is CCOC(=O)c1ccc(OCC)c(F)c1Cl. The van der Waals surface area contributed by atoms with Gasteiger partial charge in [-0.2, -0.15) is 0 Å². The van der Waals surface area contributed by atoms with E-state index in [9.17, 15) is 9.18 Å². The lowest BCUT2D eigenvalue weighted by Gasteiger charge is -2.08. The predicted octanol–water partition coefficient (Wildman–Crippen LogP) is 3.05. The Kier molecular flexibility index (Phi) is 4.55. The minimum absolute atomic E-state index is 0.00414. The van der Waals surface area contributed by atoms with Crippen LogP contribution >= 0.6 is 11.6 Å². The minimum Gasteiger partial charge on any atom is -0.491 e. The lowest BCUT2D eigenvalue weighted by Crippen LogP contribution is -2.07. The highest BCUT2D eigenvalue weighted by Crippen LogP contribution is 2.28. The number of esters is 1. The lowest BCUT2D eigenvalue weighted by molar-refractivity contribution is 0.0526. The van der Waals surface area contributed by atoms with Crippen LogP contribution in [0, 0.1) is 5.82 Å². The van der Waals surface area contributed by atoms with E-state index in [0.717, 1.165) is 0 Å². The molecule has 0 heterocycles. The Balaban J connectivity index is 3.06. The van der Waals surface area contributed by atoms with Crippen molar-refractivity contribution in [3.63, 3.8) is 0 Å².